The van der Waals surface area contributed by atoms with Gasteiger partial charge in [-0.05, 0) is 36.6 Å². The molecule has 0 amide bonds. The van der Waals surface area contributed by atoms with Gasteiger partial charge in [0.2, 0.25) is 0 Å². The van der Waals surface area contributed by atoms with Gasteiger partial charge in [0, 0.05) is 12.6 Å². The quantitative estimate of drug-likeness (QED) is 0.510. The van der Waals surface area contributed by atoms with Crippen molar-refractivity contribution in [2.45, 2.75) is 20.1 Å². The third kappa shape index (κ3) is 3.03. The first-order chi connectivity index (χ1) is 12.2. The number of aromatic nitrogens is 4. The zero-order chi connectivity index (χ0) is 17.2. The van der Waals surface area contributed by atoms with Gasteiger partial charge in [0.1, 0.15) is 17.8 Å². The SMILES string of the molecule is CCn1nnc2cc(C(=O)OCc3cc(-c4cccs4)on3)ccc21. The van der Waals surface area contributed by atoms with Crippen molar-refractivity contribution >= 4 is 28.3 Å². The summed E-state index contributed by atoms with van der Waals surface area (Å²) in [4.78, 5) is 13.2. The standard InChI is InChI=1S/C17H14N4O3S/c1-2-21-14-6-5-11(8-13(14)18-20-21)17(22)23-10-12-9-15(24-19-12)16-4-3-7-25-16/h3-9H,2,10H2,1H3. The van der Waals surface area contributed by atoms with E-state index in [-0.39, 0.29) is 6.61 Å². The average Bonchev–Trinajstić information content (AvgIpc) is 3.38. The van der Waals surface area contributed by atoms with E-state index in [1.807, 2.05) is 30.5 Å². The Hall–Kier alpha value is -3.00. The fraction of sp³-hybridized carbons (Fsp3) is 0.176. The third-order valence-corrected chi connectivity index (χ3v) is 4.61. The molecule has 126 valence electrons. The van der Waals surface area contributed by atoms with E-state index in [2.05, 4.69) is 15.5 Å². The van der Waals surface area contributed by atoms with E-state index in [1.54, 1.807) is 34.2 Å². The number of ether oxygens (including phenoxy) is 1. The first-order valence-corrected chi connectivity index (χ1v) is 8.62. The van der Waals surface area contributed by atoms with Crippen LogP contribution in [0.1, 0.15) is 23.0 Å². The van der Waals surface area contributed by atoms with Crippen molar-refractivity contribution in [3.8, 4) is 10.6 Å². The normalized spacial score (nSPS) is 11.1. The highest BCUT2D eigenvalue weighted by molar-refractivity contribution is 7.13. The molecular weight excluding hydrogens is 340 g/mol. The monoisotopic (exact) mass is 354 g/mol. The van der Waals surface area contributed by atoms with E-state index in [0.29, 0.717) is 22.5 Å². The first-order valence-electron chi connectivity index (χ1n) is 7.74. The van der Waals surface area contributed by atoms with Gasteiger partial charge in [-0.1, -0.05) is 16.4 Å². The van der Waals surface area contributed by atoms with E-state index in [4.69, 9.17) is 9.26 Å². The minimum Gasteiger partial charge on any atom is -0.455 e. The Morgan fingerprint density at radius 3 is 3.04 bits per heavy atom. The van der Waals surface area contributed by atoms with E-state index in [0.717, 1.165) is 16.9 Å². The van der Waals surface area contributed by atoms with Gasteiger partial charge in [-0.25, -0.2) is 9.48 Å². The van der Waals surface area contributed by atoms with Crippen LogP contribution in [-0.4, -0.2) is 26.1 Å². The van der Waals surface area contributed by atoms with Crippen LogP contribution >= 0.6 is 11.3 Å². The fourth-order valence-electron chi connectivity index (χ4n) is 2.47. The van der Waals surface area contributed by atoms with Crippen molar-refractivity contribution in [2.24, 2.45) is 0 Å². The summed E-state index contributed by atoms with van der Waals surface area (Å²) < 4.78 is 12.4. The van der Waals surface area contributed by atoms with Crippen molar-refractivity contribution in [3.05, 3.63) is 53.0 Å². The molecule has 0 aliphatic carbocycles. The second-order valence-electron chi connectivity index (χ2n) is 5.34. The number of carbonyl (C=O) groups excluding carboxylic acids is 1. The Labute approximate surface area is 146 Å². The van der Waals surface area contributed by atoms with Gasteiger partial charge in [0.05, 0.1) is 16.0 Å². The van der Waals surface area contributed by atoms with Crippen molar-refractivity contribution in [3.63, 3.8) is 0 Å². The largest absolute Gasteiger partial charge is 0.455 e. The molecule has 0 saturated heterocycles. The fourth-order valence-corrected chi connectivity index (χ4v) is 3.14. The Kier molecular flexibility index (Phi) is 4.02. The summed E-state index contributed by atoms with van der Waals surface area (Å²) in [6, 6.07) is 10.9. The number of benzene rings is 1. The molecule has 7 nitrogen and oxygen atoms in total. The molecule has 4 aromatic rings. The van der Waals surface area contributed by atoms with Crippen molar-refractivity contribution in [2.75, 3.05) is 0 Å². The summed E-state index contributed by atoms with van der Waals surface area (Å²) in [6.45, 7) is 2.76. The summed E-state index contributed by atoms with van der Waals surface area (Å²) in [5.74, 6) is 0.229. The highest BCUT2D eigenvalue weighted by Gasteiger charge is 2.13. The van der Waals surface area contributed by atoms with Gasteiger partial charge in [0.25, 0.3) is 0 Å². The van der Waals surface area contributed by atoms with Crippen LogP contribution in [0.4, 0.5) is 0 Å². The van der Waals surface area contributed by atoms with Crippen molar-refractivity contribution in [1.29, 1.82) is 0 Å². The topological polar surface area (TPSA) is 83.0 Å². The van der Waals surface area contributed by atoms with Gasteiger partial charge < -0.3 is 9.26 Å². The number of aryl methyl sites for hydroxylation is 1. The molecule has 0 unspecified atom stereocenters. The smallest absolute Gasteiger partial charge is 0.338 e. The number of rotatable bonds is 5. The summed E-state index contributed by atoms with van der Waals surface area (Å²) in [5, 5.41) is 14.0. The van der Waals surface area contributed by atoms with Gasteiger partial charge in [-0.2, -0.15) is 0 Å². The summed E-state index contributed by atoms with van der Waals surface area (Å²) in [6.07, 6.45) is 0. The Bertz CT molecular complexity index is 1020. The zero-order valence-corrected chi connectivity index (χ0v) is 14.2. The molecule has 0 spiro atoms. The Morgan fingerprint density at radius 2 is 2.24 bits per heavy atom. The number of esters is 1. The summed E-state index contributed by atoms with van der Waals surface area (Å²) in [5.41, 5.74) is 2.54. The molecule has 0 bridgehead atoms. The molecular formula is C17H14N4O3S. The molecule has 0 atom stereocenters. The van der Waals surface area contributed by atoms with Crippen LogP contribution in [0.5, 0.6) is 0 Å². The lowest BCUT2D eigenvalue weighted by Crippen LogP contribution is -2.05. The second-order valence-corrected chi connectivity index (χ2v) is 6.29. The predicted octanol–water partition coefficient (Wildman–Crippen LogP) is 3.52. The average molecular weight is 354 g/mol. The van der Waals surface area contributed by atoms with Crippen LogP contribution in [0.3, 0.4) is 0 Å². The predicted molar refractivity (Wildman–Crippen MR) is 92.1 cm³/mol. The summed E-state index contributed by atoms with van der Waals surface area (Å²) >= 11 is 1.56. The third-order valence-electron chi connectivity index (χ3n) is 3.72. The Morgan fingerprint density at radius 1 is 1.32 bits per heavy atom. The summed E-state index contributed by atoms with van der Waals surface area (Å²) in [7, 11) is 0. The van der Waals surface area contributed by atoms with Crippen LogP contribution in [0, 0.1) is 0 Å². The molecule has 0 N–H and O–H groups in total. The zero-order valence-electron chi connectivity index (χ0n) is 13.4. The molecule has 1 aromatic carbocycles. The molecule has 0 aliphatic heterocycles. The molecule has 8 heteroatoms. The molecule has 3 aromatic heterocycles. The molecule has 0 radical (unpaired) electrons. The minimum absolute atomic E-state index is 0.0490. The van der Waals surface area contributed by atoms with Crippen LogP contribution in [-0.2, 0) is 17.9 Å². The number of fused-ring (bicyclic) bond motifs is 1. The maximum Gasteiger partial charge on any atom is 0.338 e. The minimum atomic E-state index is -0.436. The van der Waals surface area contributed by atoms with E-state index < -0.39 is 5.97 Å². The molecule has 0 fully saturated rings. The van der Waals surface area contributed by atoms with Gasteiger partial charge >= 0.3 is 5.97 Å². The van der Waals surface area contributed by atoms with Crippen LogP contribution in [0.25, 0.3) is 21.7 Å². The van der Waals surface area contributed by atoms with Gasteiger partial charge in [-0.15, -0.1) is 16.4 Å². The van der Waals surface area contributed by atoms with Crippen LogP contribution in [0.2, 0.25) is 0 Å². The number of carbonyl (C=O) groups is 1. The molecule has 3 heterocycles. The molecule has 0 aliphatic rings. The number of hydrogen-bond acceptors (Lipinski definition) is 7. The Balaban J connectivity index is 1.45. The second kappa shape index (κ2) is 6.48. The van der Waals surface area contributed by atoms with Crippen molar-refractivity contribution < 1.29 is 14.1 Å². The lowest BCUT2D eigenvalue weighted by molar-refractivity contribution is 0.0464. The van der Waals surface area contributed by atoms with Crippen LogP contribution < -0.4 is 0 Å². The van der Waals surface area contributed by atoms with Crippen molar-refractivity contribution in [1.82, 2.24) is 20.2 Å². The first kappa shape index (κ1) is 15.5. The molecule has 0 saturated carbocycles. The van der Waals surface area contributed by atoms with Gasteiger partial charge in [-0.3, -0.25) is 0 Å². The van der Waals surface area contributed by atoms with Gasteiger partial charge in [0.15, 0.2) is 5.76 Å². The highest BCUT2D eigenvalue weighted by atomic mass is 32.1. The maximum absolute atomic E-state index is 12.2. The van der Waals surface area contributed by atoms with E-state index >= 15 is 0 Å². The van der Waals surface area contributed by atoms with Crippen LogP contribution in [0.15, 0.2) is 46.3 Å². The maximum atomic E-state index is 12.2. The van der Waals surface area contributed by atoms with E-state index in [9.17, 15) is 4.79 Å². The van der Waals surface area contributed by atoms with E-state index in [1.165, 1.54) is 0 Å². The number of hydrogen-bond donors (Lipinski definition) is 0. The highest BCUT2D eigenvalue weighted by Crippen LogP contribution is 2.25. The lowest BCUT2D eigenvalue weighted by Gasteiger charge is -2.02. The number of thiophene rings is 1. The lowest BCUT2D eigenvalue weighted by atomic mass is 10.2. The molecule has 4 rings (SSSR count). The molecule has 25 heavy (non-hydrogen) atoms. The number of nitrogens with zero attached hydrogens (tertiary/aromatic N) is 4.